The summed E-state index contributed by atoms with van der Waals surface area (Å²) in [6.07, 6.45) is 1.59. The van der Waals surface area contributed by atoms with Crippen LogP contribution in [-0.2, 0) is 24.8 Å². The average molecular weight is 558 g/mol. The Kier molecular flexibility index (Phi) is 8.10. The Morgan fingerprint density at radius 1 is 0.895 bits per heavy atom. The molecule has 1 amide bonds. The summed E-state index contributed by atoms with van der Waals surface area (Å²) in [5, 5.41) is 2.66. The fourth-order valence-corrected chi connectivity index (χ4v) is 7.44. The molecule has 0 unspecified atom stereocenters. The molecule has 4 rings (SSSR count). The van der Waals surface area contributed by atoms with Crippen LogP contribution in [0.1, 0.15) is 24.0 Å². The van der Waals surface area contributed by atoms with Gasteiger partial charge in [-0.25, -0.2) is 16.8 Å². The van der Waals surface area contributed by atoms with Crippen molar-refractivity contribution in [3.63, 3.8) is 0 Å². The van der Waals surface area contributed by atoms with E-state index in [9.17, 15) is 21.6 Å². The maximum atomic E-state index is 13.6. The summed E-state index contributed by atoms with van der Waals surface area (Å²) in [7, 11) is -6.43. The molecule has 11 heteroatoms. The molecule has 38 heavy (non-hydrogen) atoms. The number of anilines is 2. The molecule has 0 spiro atoms. The average Bonchev–Trinajstić information content (AvgIpc) is 3.43. The van der Waals surface area contributed by atoms with Gasteiger partial charge in [0.1, 0.15) is 12.3 Å². The lowest BCUT2D eigenvalue weighted by atomic mass is 10.1. The van der Waals surface area contributed by atoms with Gasteiger partial charge in [0.15, 0.2) is 0 Å². The molecule has 3 aromatic carbocycles. The Labute approximate surface area is 224 Å². The van der Waals surface area contributed by atoms with E-state index in [1.807, 2.05) is 19.9 Å². The first-order valence-corrected chi connectivity index (χ1v) is 15.0. The van der Waals surface area contributed by atoms with Gasteiger partial charge < -0.3 is 10.1 Å². The van der Waals surface area contributed by atoms with Crippen molar-refractivity contribution >= 4 is 37.3 Å². The first-order valence-electron chi connectivity index (χ1n) is 12.2. The topological polar surface area (TPSA) is 113 Å². The van der Waals surface area contributed by atoms with Crippen LogP contribution in [0.2, 0.25) is 0 Å². The predicted molar refractivity (Wildman–Crippen MR) is 147 cm³/mol. The third-order valence-electron chi connectivity index (χ3n) is 6.26. The van der Waals surface area contributed by atoms with Gasteiger partial charge in [0.25, 0.3) is 10.0 Å². The van der Waals surface area contributed by atoms with Gasteiger partial charge in [-0.15, -0.1) is 0 Å². The molecule has 9 nitrogen and oxygen atoms in total. The largest absolute Gasteiger partial charge is 0.495 e. The molecule has 0 saturated carbocycles. The van der Waals surface area contributed by atoms with Crippen molar-refractivity contribution in [1.29, 1.82) is 0 Å². The van der Waals surface area contributed by atoms with Crippen LogP contribution in [0.15, 0.2) is 76.5 Å². The number of methoxy groups -OCH3 is 1. The second-order valence-electron chi connectivity index (χ2n) is 9.19. The minimum atomic E-state index is -4.09. The van der Waals surface area contributed by atoms with E-state index in [0.29, 0.717) is 18.8 Å². The SMILES string of the molecule is COc1ccc(S(=O)(=O)N2CCCC2)cc1NC(=O)CN(c1cc(C)cc(C)c1)S(=O)(=O)c1ccccc1. The molecule has 0 radical (unpaired) electrons. The van der Waals surface area contributed by atoms with E-state index in [0.717, 1.165) is 28.3 Å². The fourth-order valence-electron chi connectivity index (χ4n) is 4.47. The zero-order chi connectivity index (χ0) is 27.5. The van der Waals surface area contributed by atoms with Gasteiger partial charge in [0, 0.05) is 13.1 Å². The Bertz CT molecular complexity index is 1510. The number of benzene rings is 3. The van der Waals surface area contributed by atoms with Crippen molar-refractivity contribution < 1.29 is 26.4 Å². The molecule has 1 saturated heterocycles. The summed E-state index contributed by atoms with van der Waals surface area (Å²) in [6, 6.07) is 17.4. The monoisotopic (exact) mass is 557 g/mol. The molecule has 202 valence electrons. The summed E-state index contributed by atoms with van der Waals surface area (Å²) < 4.78 is 61.2. The maximum Gasteiger partial charge on any atom is 0.264 e. The summed E-state index contributed by atoms with van der Waals surface area (Å²) >= 11 is 0. The summed E-state index contributed by atoms with van der Waals surface area (Å²) in [4.78, 5) is 13.4. The number of nitrogens with one attached hydrogen (secondary N) is 1. The van der Waals surface area contributed by atoms with E-state index in [1.54, 1.807) is 30.3 Å². The molecule has 1 heterocycles. The van der Waals surface area contributed by atoms with Crippen molar-refractivity contribution in [1.82, 2.24) is 4.31 Å². The Balaban J connectivity index is 1.68. The Hall–Kier alpha value is -3.41. The van der Waals surface area contributed by atoms with Gasteiger partial charge in [0.05, 0.1) is 28.3 Å². The molecule has 3 aromatic rings. The van der Waals surface area contributed by atoms with E-state index in [4.69, 9.17) is 4.74 Å². The lowest BCUT2D eigenvalue weighted by molar-refractivity contribution is -0.114. The van der Waals surface area contributed by atoms with Crippen molar-refractivity contribution in [2.45, 2.75) is 36.5 Å². The zero-order valence-electron chi connectivity index (χ0n) is 21.5. The molecule has 0 bridgehead atoms. The number of hydrogen-bond donors (Lipinski definition) is 1. The van der Waals surface area contributed by atoms with Crippen LogP contribution >= 0.6 is 0 Å². The molecule has 1 aliphatic heterocycles. The van der Waals surface area contributed by atoms with E-state index in [1.165, 1.54) is 41.7 Å². The standard InChI is InChI=1S/C27H31N3O6S2/c1-20-15-21(2)17-22(16-20)30(38(34,35)23-9-5-4-6-10-23)19-27(31)28-25-18-24(11-12-26(25)36-3)37(32,33)29-13-7-8-14-29/h4-6,9-12,15-18H,7-8,13-14,19H2,1-3H3,(H,28,31). The first-order chi connectivity index (χ1) is 18.0. The van der Waals surface area contributed by atoms with E-state index in [-0.39, 0.29) is 21.2 Å². The summed E-state index contributed by atoms with van der Waals surface area (Å²) in [5.74, 6) is -0.403. The number of carbonyl (C=O) groups is 1. The Morgan fingerprint density at radius 2 is 1.53 bits per heavy atom. The highest BCUT2D eigenvalue weighted by Gasteiger charge is 2.30. The molecule has 0 aromatic heterocycles. The molecular weight excluding hydrogens is 526 g/mol. The number of ether oxygens (including phenoxy) is 1. The van der Waals surface area contributed by atoms with Gasteiger partial charge in [-0.1, -0.05) is 24.3 Å². The minimum absolute atomic E-state index is 0.0265. The van der Waals surface area contributed by atoms with Crippen molar-refractivity contribution in [2.75, 3.05) is 36.4 Å². The van der Waals surface area contributed by atoms with Crippen molar-refractivity contribution in [3.8, 4) is 5.75 Å². The van der Waals surface area contributed by atoms with Gasteiger partial charge in [-0.3, -0.25) is 9.10 Å². The van der Waals surface area contributed by atoms with Gasteiger partial charge >= 0.3 is 0 Å². The molecule has 0 aliphatic carbocycles. The zero-order valence-corrected chi connectivity index (χ0v) is 23.2. The molecule has 0 atom stereocenters. The van der Waals surface area contributed by atoms with E-state index in [2.05, 4.69) is 5.32 Å². The smallest absolute Gasteiger partial charge is 0.264 e. The lowest BCUT2D eigenvalue weighted by Gasteiger charge is -2.25. The summed E-state index contributed by atoms with van der Waals surface area (Å²) in [6.45, 7) is 4.05. The number of hydrogen-bond acceptors (Lipinski definition) is 6. The Morgan fingerprint density at radius 3 is 2.13 bits per heavy atom. The van der Waals surface area contributed by atoms with Gasteiger partial charge in [-0.05, 0) is 80.3 Å². The normalized spacial score (nSPS) is 14.3. The van der Waals surface area contributed by atoms with Gasteiger partial charge in [0.2, 0.25) is 15.9 Å². The number of nitrogens with zero attached hydrogens (tertiary/aromatic N) is 2. The molecule has 1 aliphatic rings. The van der Waals surface area contributed by atoms with Crippen LogP contribution in [0.4, 0.5) is 11.4 Å². The predicted octanol–water partition coefficient (Wildman–Crippen LogP) is 3.93. The van der Waals surface area contributed by atoms with Crippen LogP contribution in [0.5, 0.6) is 5.75 Å². The third-order valence-corrected chi connectivity index (χ3v) is 9.94. The third kappa shape index (κ3) is 5.85. The number of rotatable bonds is 9. The molecular formula is C27H31N3O6S2. The van der Waals surface area contributed by atoms with Crippen LogP contribution in [0.25, 0.3) is 0 Å². The number of carbonyl (C=O) groups excluding carboxylic acids is 1. The highest BCUT2D eigenvalue weighted by Crippen LogP contribution is 2.31. The quantitative estimate of drug-likeness (QED) is 0.427. The van der Waals surface area contributed by atoms with Crippen LogP contribution in [0.3, 0.4) is 0 Å². The summed E-state index contributed by atoms with van der Waals surface area (Å²) in [5.41, 5.74) is 2.17. The first kappa shape index (κ1) is 27.6. The highest BCUT2D eigenvalue weighted by atomic mass is 32.2. The fraction of sp³-hybridized carbons (Fsp3) is 0.296. The van der Waals surface area contributed by atoms with E-state index >= 15 is 0 Å². The van der Waals surface area contributed by atoms with E-state index < -0.39 is 32.5 Å². The van der Waals surface area contributed by atoms with Crippen molar-refractivity contribution in [2.24, 2.45) is 0 Å². The second-order valence-corrected chi connectivity index (χ2v) is 13.0. The van der Waals surface area contributed by atoms with Crippen molar-refractivity contribution in [3.05, 3.63) is 77.9 Å². The van der Waals surface area contributed by atoms with Crippen LogP contribution in [-0.4, -0.2) is 53.8 Å². The van der Waals surface area contributed by atoms with Crippen LogP contribution < -0.4 is 14.4 Å². The molecule has 1 N–H and O–H groups in total. The molecule has 1 fully saturated rings. The number of amides is 1. The highest BCUT2D eigenvalue weighted by molar-refractivity contribution is 7.92. The van der Waals surface area contributed by atoms with Gasteiger partial charge in [-0.2, -0.15) is 4.31 Å². The maximum absolute atomic E-state index is 13.6. The van der Waals surface area contributed by atoms with Crippen LogP contribution in [0, 0.1) is 13.8 Å². The minimum Gasteiger partial charge on any atom is -0.495 e. The second kappa shape index (κ2) is 11.1. The number of sulfonamides is 2. The number of aryl methyl sites for hydroxylation is 2. The lowest BCUT2D eigenvalue weighted by Crippen LogP contribution is -2.38.